The lowest BCUT2D eigenvalue weighted by Gasteiger charge is -2.16. The van der Waals surface area contributed by atoms with E-state index in [4.69, 9.17) is 9.84 Å². The highest BCUT2D eigenvalue weighted by Gasteiger charge is 2.17. The van der Waals surface area contributed by atoms with Gasteiger partial charge in [0.15, 0.2) is 0 Å². The molecule has 0 heterocycles. The Morgan fingerprint density at radius 2 is 1.14 bits per heavy atom. The predicted octanol–water partition coefficient (Wildman–Crippen LogP) is 9.72. The van der Waals surface area contributed by atoms with Gasteiger partial charge in [0.25, 0.3) is 0 Å². The smallest absolute Gasteiger partial charge is 0.307 e. The molecule has 1 unspecified atom stereocenters. The Balaban J connectivity index is 3.73. The van der Waals surface area contributed by atoms with Crippen LogP contribution in [0.25, 0.3) is 0 Å². The molecule has 4 nitrogen and oxygen atoms in total. The molecule has 0 rings (SSSR count). The molecule has 0 saturated carbocycles. The lowest BCUT2D eigenvalue weighted by atomic mass is 10.0. The van der Waals surface area contributed by atoms with E-state index < -0.39 is 12.1 Å². The van der Waals surface area contributed by atoms with E-state index >= 15 is 0 Å². The first-order valence-corrected chi connectivity index (χ1v) is 14.8. The van der Waals surface area contributed by atoms with Crippen LogP contribution in [0, 0.1) is 0 Å². The first-order valence-electron chi connectivity index (χ1n) is 14.8. The fourth-order valence-corrected chi connectivity index (χ4v) is 4.23. The molecule has 0 spiro atoms. The topological polar surface area (TPSA) is 63.6 Å². The maximum atomic E-state index is 12.2. The van der Waals surface area contributed by atoms with Crippen molar-refractivity contribution in [3.63, 3.8) is 0 Å². The number of unbranched alkanes of at least 4 members (excludes halogenated alkanes) is 15. The van der Waals surface area contributed by atoms with Gasteiger partial charge in [-0.05, 0) is 51.4 Å². The first kappa shape index (κ1) is 33.4. The average molecular weight is 493 g/mol. The summed E-state index contributed by atoms with van der Waals surface area (Å²) < 4.78 is 5.51. The van der Waals surface area contributed by atoms with Gasteiger partial charge in [-0.25, -0.2) is 0 Å². The Kier molecular flexibility index (Phi) is 25.8. The van der Waals surface area contributed by atoms with Gasteiger partial charge in [0.2, 0.25) is 0 Å². The number of carboxylic acid groups (broad SMARTS) is 1. The lowest BCUT2D eigenvalue weighted by molar-refractivity contribution is -0.153. The quantitative estimate of drug-likeness (QED) is 0.0741. The molecule has 1 atom stereocenters. The zero-order valence-electron chi connectivity index (χ0n) is 23.1. The SMILES string of the molecule is CCCCC/C=C\C/C=C\CCCCCCCC(=O)OC(CCCCCCCCCC)CC(=O)O. The molecule has 35 heavy (non-hydrogen) atoms. The number of aliphatic carboxylic acids is 1. The van der Waals surface area contributed by atoms with Gasteiger partial charge in [-0.15, -0.1) is 0 Å². The molecule has 0 saturated heterocycles. The number of carboxylic acids is 1. The van der Waals surface area contributed by atoms with E-state index in [0.29, 0.717) is 12.8 Å². The summed E-state index contributed by atoms with van der Waals surface area (Å²) in [7, 11) is 0. The monoisotopic (exact) mass is 492 g/mol. The number of carbonyl (C=O) groups excluding carboxylic acids is 1. The molecule has 0 aliphatic carbocycles. The maximum Gasteiger partial charge on any atom is 0.307 e. The van der Waals surface area contributed by atoms with E-state index in [1.807, 2.05) is 0 Å². The van der Waals surface area contributed by atoms with Crippen LogP contribution in [0.15, 0.2) is 24.3 Å². The zero-order valence-corrected chi connectivity index (χ0v) is 23.1. The van der Waals surface area contributed by atoms with E-state index in [0.717, 1.165) is 44.9 Å². The Hall–Kier alpha value is -1.58. The average Bonchev–Trinajstić information content (AvgIpc) is 2.82. The van der Waals surface area contributed by atoms with Crippen LogP contribution < -0.4 is 0 Å². The summed E-state index contributed by atoms with van der Waals surface area (Å²) in [5.74, 6) is -1.12. The van der Waals surface area contributed by atoms with Gasteiger partial charge < -0.3 is 9.84 Å². The molecule has 0 aromatic rings. The second-order valence-corrected chi connectivity index (χ2v) is 9.95. The highest BCUT2D eigenvalue weighted by atomic mass is 16.5. The van der Waals surface area contributed by atoms with Crippen LogP contribution in [-0.2, 0) is 14.3 Å². The van der Waals surface area contributed by atoms with Gasteiger partial charge in [0.05, 0.1) is 6.42 Å². The largest absolute Gasteiger partial charge is 0.481 e. The van der Waals surface area contributed by atoms with Crippen LogP contribution in [0.2, 0.25) is 0 Å². The van der Waals surface area contributed by atoms with Crippen LogP contribution in [-0.4, -0.2) is 23.1 Å². The van der Waals surface area contributed by atoms with Crippen LogP contribution in [0.4, 0.5) is 0 Å². The van der Waals surface area contributed by atoms with Crippen LogP contribution in [0.1, 0.15) is 155 Å². The number of hydrogen-bond acceptors (Lipinski definition) is 3. The van der Waals surface area contributed by atoms with Gasteiger partial charge in [-0.2, -0.15) is 0 Å². The number of carbonyl (C=O) groups is 2. The predicted molar refractivity (Wildman–Crippen MR) is 149 cm³/mol. The highest BCUT2D eigenvalue weighted by Crippen LogP contribution is 2.15. The lowest BCUT2D eigenvalue weighted by Crippen LogP contribution is -2.21. The summed E-state index contributed by atoms with van der Waals surface area (Å²) in [6, 6.07) is 0. The fourth-order valence-electron chi connectivity index (χ4n) is 4.23. The van der Waals surface area contributed by atoms with Crippen molar-refractivity contribution in [2.75, 3.05) is 0 Å². The van der Waals surface area contributed by atoms with Gasteiger partial charge >= 0.3 is 11.9 Å². The molecule has 0 fully saturated rings. The minimum atomic E-state index is -0.889. The summed E-state index contributed by atoms with van der Waals surface area (Å²) >= 11 is 0. The second kappa shape index (κ2) is 27.0. The van der Waals surface area contributed by atoms with E-state index in [1.54, 1.807) is 0 Å². The third kappa shape index (κ3) is 26.9. The summed E-state index contributed by atoms with van der Waals surface area (Å²) in [6.07, 6.45) is 31.9. The summed E-state index contributed by atoms with van der Waals surface area (Å²) in [4.78, 5) is 23.3. The summed E-state index contributed by atoms with van der Waals surface area (Å²) in [6.45, 7) is 4.46. The van der Waals surface area contributed by atoms with Crippen molar-refractivity contribution >= 4 is 11.9 Å². The van der Waals surface area contributed by atoms with Crippen LogP contribution in [0.3, 0.4) is 0 Å². The molecule has 1 N–H and O–H groups in total. The number of ether oxygens (including phenoxy) is 1. The first-order chi connectivity index (χ1) is 17.1. The molecule has 0 aliphatic heterocycles. The Bertz CT molecular complexity index is 538. The van der Waals surface area contributed by atoms with Crippen molar-refractivity contribution < 1.29 is 19.4 Å². The van der Waals surface area contributed by atoms with Gasteiger partial charge in [0, 0.05) is 6.42 Å². The molecule has 0 aliphatic rings. The molecular weight excluding hydrogens is 436 g/mol. The molecule has 0 aromatic carbocycles. The molecule has 0 amide bonds. The van der Waals surface area contributed by atoms with E-state index in [1.165, 1.54) is 77.0 Å². The van der Waals surface area contributed by atoms with Crippen molar-refractivity contribution in [3.8, 4) is 0 Å². The number of allylic oxidation sites excluding steroid dienone is 4. The Labute approximate surface area is 217 Å². The fraction of sp³-hybridized carbons (Fsp3) is 0.806. The van der Waals surface area contributed by atoms with Crippen molar-refractivity contribution in [3.05, 3.63) is 24.3 Å². The summed E-state index contributed by atoms with van der Waals surface area (Å²) in [5.41, 5.74) is 0. The third-order valence-corrected chi connectivity index (χ3v) is 6.41. The summed E-state index contributed by atoms with van der Waals surface area (Å²) in [5, 5.41) is 9.14. The van der Waals surface area contributed by atoms with Gasteiger partial charge in [-0.1, -0.05) is 115 Å². The minimum absolute atomic E-state index is 0.0790. The van der Waals surface area contributed by atoms with E-state index in [9.17, 15) is 9.59 Å². The normalized spacial score (nSPS) is 12.5. The third-order valence-electron chi connectivity index (χ3n) is 6.41. The minimum Gasteiger partial charge on any atom is -0.481 e. The molecular formula is C31H56O4. The van der Waals surface area contributed by atoms with Crippen molar-refractivity contribution in [2.24, 2.45) is 0 Å². The number of rotatable bonds is 26. The number of esters is 1. The molecule has 0 bridgehead atoms. The van der Waals surface area contributed by atoms with Crippen molar-refractivity contribution in [1.29, 1.82) is 0 Å². The van der Waals surface area contributed by atoms with Crippen LogP contribution >= 0.6 is 0 Å². The van der Waals surface area contributed by atoms with Crippen molar-refractivity contribution in [1.82, 2.24) is 0 Å². The molecule has 0 aromatic heterocycles. The van der Waals surface area contributed by atoms with Crippen molar-refractivity contribution in [2.45, 2.75) is 161 Å². The van der Waals surface area contributed by atoms with Gasteiger partial charge in [-0.3, -0.25) is 9.59 Å². The van der Waals surface area contributed by atoms with E-state index in [2.05, 4.69) is 38.2 Å². The zero-order chi connectivity index (χ0) is 25.8. The number of hydrogen-bond donors (Lipinski definition) is 1. The Morgan fingerprint density at radius 1 is 0.657 bits per heavy atom. The molecule has 204 valence electrons. The molecule has 0 radical (unpaired) electrons. The van der Waals surface area contributed by atoms with E-state index in [-0.39, 0.29) is 12.4 Å². The standard InChI is InChI=1S/C31H56O4/c1-3-5-7-9-11-13-14-15-16-17-18-19-21-23-25-27-31(34)35-29(28-30(32)33)26-24-22-20-12-10-8-6-4-2/h11,13,15-16,29H,3-10,12,14,17-28H2,1-2H3,(H,32,33)/b13-11-,16-15-. The van der Waals surface area contributed by atoms with Gasteiger partial charge in [0.1, 0.15) is 6.10 Å². The maximum absolute atomic E-state index is 12.2. The van der Waals surface area contributed by atoms with Crippen LogP contribution in [0.5, 0.6) is 0 Å². The molecule has 4 heteroatoms. The highest BCUT2D eigenvalue weighted by molar-refractivity contribution is 5.71. The Morgan fingerprint density at radius 3 is 1.74 bits per heavy atom. The second-order valence-electron chi connectivity index (χ2n) is 9.95.